The van der Waals surface area contributed by atoms with Crippen LogP contribution < -0.4 is 5.84 Å². The van der Waals surface area contributed by atoms with Gasteiger partial charge in [0.05, 0.1) is 0 Å². The Morgan fingerprint density at radius 3 is 2.63 bits per heavy atom. The summed E-state index contributed by atoms with van der Waals surface area (Å²) in [4.78, 5) is 0. The minimum atomic E-state index is 0.775. The van der Waals surface area contributed by atoms with Gasteiger partial charge < -0.3 is 5.84 Å². The highest BCUT2D eigenvalue weighted by Gasteiger charge is 2.09. The molecule has 0 amide bonds. The first kappa shape index (κ1) is 14.3. The lowest BCUT2D eigenvalue weighted by Crippen LogP contribution is -2.14. The summed E-state index contributed by atoms with van der Waals surface area (Å²) >= 11 is 3.40. The molecule has 102 valence electrons. The zero-order valence-corrected chi connectivity index (χ0v) is 12.8. The van der Waals surface area contributed by atoms with Gasteiger partial charge in [-0.2, -0.15) is 11.8 Å². The third-order valence-corrected chi connectivity index (χ3v) is 4.38. The van der Waals surface area contributed by atoms with E-state index in [1.54, 1.807) is 28.2 Å². The molecule has 0 aliphatic carbocycles. The molecule has 2 aromatic rings. The summed E-state index contributed by atoms with van der Waals surface area (Å²) in [6.45, 7) is 2.09. The molecule has 0 bridgehead atoms. The highest BCUT2D eigenvalue weighted by Crippen LogP contribution is 2.20. The van der Waals surface area contributed by atoms with Crippen molar-refractivity contribution >= 4 is 23.5 Å². The molecule has 0 atom stereocenters. The van der Waals surface area contributed by atoms with E-state index in [4.69, 9.17) is 5.84 Å². The van der Waals surface area contributed by atoms with E-state index in [1.165, 1.54) is 11.1 Å². The van der Waals surface area contributed by atoms with Crippen molar-refractivity contribution in [3.05, 3.63) is 41.2 Å². The standard InChI is InChI=1S/C13H18N4S2/c1-10-3-5-11(6-4-10)9-19-13-16-15-12(17(13)14)7-8-18-2/h3-6H,7-9,14H2,1-2H3. The topological polar surface area (TPSA) is 56.7 Å². The fourth-order valence-corrected chi connectivity index (χ4v) is 2.82. The second-order valence-electron chi connectivity index (χ2n) is 4.29. The van der Waals surface area contributed by atoms with Gasteiger partial charge in [0.15, 0.2) is 5.82 Å². The summed E-state index contributed by atoms with van der Waals surface area (Å²) in [5.74, 6) is 8.71. The van der Waals surface area contributed by atoms with Gasteiger partial charge in [0.25, 0.3) is 0 Å². The average Bonchev–Trinajstić information content (AvgIpc) is 2.77. The van der Waals surface area contributed by atoms with E-state index >= 15 is 0 Å². The van der Waals surface area contributed by atoms with E-state index < -0.39 is 0 Å². The zero-order chi connectivity index (χ0) is 13.7. The molecule has 0 radical (unpaired) electrons. The first-order valence-corrected chi connectivity index (χ1v) is 8.45. The molecule has 0 aliphatic rings. The third kappa shape index (κ3) is 3.91. The molecular formula is C13H18N4S2. The number of nitrogen functional groups attached to an aromatic ring is 1. The minimum absolute atomic E-state index is 0.775. The second kappa shape index (κ2) is 6.86. The highest BCUT2D eigenvalue weighted by molar-refractivity contribution is 7.98. The van der Waals surface area contributed by atoms with Gasteiger partial charge in [-0.05, 0) is 18.7 Å². The van der Waals surface area contributed by atoms with E-state index in [0.717, 1.165) is 28.9 Å². The van der Waals surface area contributed by atoms with Crippen molar-refractivity contribution in [1.29, 1.82) is 0 Å². The molecule has 19 heavy (non-hydrogen) atoms. The summed E-state index contributed by atoms with van der Waals surface area (Å²) in [7, 11) is 0. The van der Waals surface area contributed by atoms with E-state index in [0.29, 0.717) is 0 Å². The number of nitrogens with zero attached hydrogens (tertiary/aromatic N) is 3. The van der Waals surface area contributed by atoms with Crippen molar-refractivity contribution in [1.82, 2.24) is 14.9 Å². The van der Waals surface area contributed by atoms with Crippen molar-refractivity contribution in [2.45, 2.75) is 24.3 Å². The second-order valence-corrected chi connectivity index (χ2v) is 6.21. The first-order valence-electron chi connectivity index (χ1n) is 6.07. The zero-order valence-electron chi connectivity index (χ0n) is 11.2. The van der Waals surface area contributed by atoms with Gasteiger partial charge in [-0.25, -0.2) is 4.68 Å². The molecule has 2 rings (SSSR count). The number of thioether (sulfide) groups is 2. The average molecular weight is 294 g/mol. The number of nitrogens with two attached hydrogens (primary N) is 1. The van der Waals surface area contributed by atoms with Crippen LogP contribution >= 0.6 is 23.5 Å². The molecule has 0 unspecified atom stereocenters. The van der Waals surface area contributed by atoms with Crippen LogP contribution in [-0.2, 0) is 12.2 Å². The number of aryl methyl sites for hydroxylation is 2. The largest absolute Gasteiger partial charge is 0.336 e. The molecule has 0 saturated carbocycles. The maximum Gasteiger partial charge on any atom is 0.210 e. The Morgan fingerprint density at radius 1 is 1.21 bits per heavy atom. The molecule has 1 heterocycles. The molecule has 4 nitrogen and oxygen atoms in total. The Kier molecular flexibility index (Phi) is 5.15. The third-order valence-electron chi connectivity index (χ3n) is 2.75. The molecule has 1 aromatic carbocycles. The summed E-state index contributed by atoms with van der Waals surface area (Å²) in [6.07, 6.45) is 2.93. The molecular weight excluding hydrogens is 276 g/mol. The van der Waals surface area contributed by atoms with Crippen LogP contribution in [0.3, 0.4) is 0 Å². The Labute approximate surface area is 122 Å². The fraction of sp³-hybridized carbons (Fsp3) is 0.385. The van der Waals surface area contributed by atoms with Crippen LogP contribution in [-0.4, -0.2) is 26.9 Å². The lowest BCUT2D eigenvalue weighted by Gasteiger charge is -2.03. The SMILES string of the molecule is CSCCc1nnc(SCc2ccc(C)cc2)n1N. The number of hydrogen-bond acceptors (Lipinski definition) is 5. The van der Waals surface area contributed by atoms with Crippen LogP contribution in [0.5, 0.6) is 0 Å². The van der Waals surface area contributed by atoms with Gasteiger partial charge in [-0.1, -0.05) is 41.6 Å². The molecule has 2 N–H and O–H groups in total. The predicted molar refractivity (Wildman–Crippen MR) is 83.0 cm³/mol. The van der Waals surface area contributed by atoms with Gasteiger partial charge in [-0.15, -0.1) is 10.2 Å². The Bertz CT molecular complexity index is 522. The smallest absolute Gasteiger partial charge is 0.210 e. The van der Waals surface area contributed by atoms with Crippen LogP contribution in [0.15, 0.2) is 29.4 Å². The molecule has 0 fully saturated rings. The summed E-state index contributed by atoms with van der Waals surface area (Å²) in [6, 6.07) is 8.50. The van der Waals surface area contributed by atoms with Crippen molar-refractivity contribution in [2.24, 2.45) is 0 Å². The van der Waals surface area contributed by atoms with Crippen LogP contribution in [0, 0.1) is 6.92 Å². The van der Waals surface area contributed by atoms with E-state index in [1.807, 2.05) is 0 Å². The van der Waals surface area contributed by atoms with Gasteiger partial charge >= 0.3 is 0 Å². The number of aromatic nitrogens is 3. The molecule has 1 aromatic heterocycles. The summed E-state index contributed by atoms with van der Waals surface area (Å²) < 4.78 is 1.61. The monoisotopic (exact) mass is 294 g/mol. The molecule has 6 heteroatoms. The Hall–Kier alpha value is -1.14. The maximum atomic E-state index is 5.99. The van der Waals surface area contributed by atoms with Gasteiger partial charge in [0, 0.05) is 17.9 Å². The van der Waals surface area contributed by atoms with Crippen molar-refractivity contribution < 1.29 is 0 Å². The lowest BCUT2D eigenvalue weighted by atomic mass is 10.2. The first-order chi connectivity index (χ1) is 9.20. The number of hydrogen-bond donors (Lipinski definition) is 1. The number of rotatable bonds is 6. The molecule has 0 spiro atoms. The molecule has 0 aliphatic heterocycles. The van der Waals surface area contributed by atoms with E-state index in [2.05, 4.69) is 47.6 Å². The van der Waals surface area contributed by atoms with Crippen LogP contribution in [0.4, 0.5) is 0 Å². The van der Waals surface area contributed by atoms with Crippen LogP contribution in [0.2, 0.25) is 0 Å². The quantitative estimate of drug-likeness (QED) is 0.655. The van der Waals surface area contributed by atoms with Crippen molar-refractivity contribution in [2.75, 3.05) is 17.9 Å². The highest BCUT2D eigenvalue weighted by atomic mass is 32.2. The lowest BCUT2D eigenvalue weighted by molar-refractivity contribution is 0.799. The van der Waals surface area contributed by atoms with Crippen LogP contribution in [0.1, 0.15) is 17.0 Å². The van der Waals surface area contributed by atoms with Gasteiger partial charge in [-0.3, -0.25) is 0 Å². The Balaban J connectivity index is 1.96. The predicted octanol–water partition coefficient (Wildman–Crippen LogP) is 2.50. The van der Waals surface area contributed by atoms with Gasteiger partial charge in [0.1, 0.15) is 0 Å². The van der Waals surface area contributed by atoms with Gasteiger partial charge in [0.2, 0.25) is 5.16 Å². The Morgan fingerprint density at radius 2 is 1.95 bits per heavy atom. The molecule has 0 saturated heterocycles. The van der Waals surface area contributed by atoms with Crippen molar-refractivity contribution in [3.8, 4) is 0 Å². The van der Waals surface area contributed by atoms with E-state index in [-0.39, 0.29) is 0 Å². The number of benzene rings is 1. The summed E-state index contributed by atoms with van der Waals surface area (Å²) in [5, 5.41) is 9.05. The normalized spacial score (nSPS) is 10.8. The van der Waals surface area contributed by atoms with E-state index in [9.17, 15) is 0 Å². The summed E-state index contributed by atoms with van der Waals surface area (Å²) in [5.41, 5.74) is 2.54. The minimum Gasteiger partial charge on any atom is -0.336 e. The fourth-order valence-electron chi connectivity index (χ4n) is 1.60. The maximum absolute atomic E-state index is 5.99. The van der Waals surface area contributed by atoms with Crippen molar-refractivity contribution in [3.63, 3.8) is 0 Å². The van der Waals surface area contributed by atoms with Crippen LogP contribution in [0.25, 0.3) is 0 Å².